The van der Waals surface area contributed by atoms with Crippen LogP contribution in [0.4, 0.5) is 0 Å². The topological polar surface area (TPSA) is 123 Å². The minimum atomic E-state index is -0.770. The first-order valence-corrected chi connectivity index (χ1v) is 5.63. The quantitative estimate of drug-likeness (QED) is 0.280. The molecule has 0 saturated carbocycles. The molecule has 3 amide bonds. The van der Waals surface area contributed by atoms with Crippen LogP contribution >= 0.6 is 0 Å². The molecule has 8 nitrogen and oxygen atoms in total. The van der Waals surface area contributed by atoms with E-state index in [1.54, 1.807) is 0 Å². The van der Waals surface area contributed by atoms with Crippen molar-refractivity contribution in [1.82, 2.24) is 16.0 Å². The molecule has 5 N–H and O–H groups in total. The molecule has 0 bridgehead atoms. The molecule has 0 saturated heterocycles. The fourth-order valence-electron chi connectivity index (χ4n) is 1.02. The molecule has 104 valence electrons. The van der Waals surface area contributed by atoms with E-state index in [0.29, 0.717) is 13.2 Å². The second kappa shape index (κ2) is 10.5. The van der Waals surface area contributed by atoms with E-state index >= 15 is 0 Å². The number of hydrogen-bond donors (Lipinski definition) is 4. The van der Waals surface area contributed by atoms with Crippen LogP contribution in [0.1, 0.15) is 6.42 Å². The van der Waals surface area contributed by atoms with Crippen molar-refractivity contribution < 1.29 is 19.1 Å². The van der Waals surface area contributed by atoms with E-state index < -0.39 is 11.8 Å². The smallest absolute Gasteiger partial charge is 0.309 e. The zero-order valence-corrected chi connectivity index (χ0v) is 10.5. The lowest BCUT2D eigenvalue weighted by Gasteiger charge is -2.06. The molecule has 0 rings (SSSR count). The number of carbonyl (C=O) groups excluding carboxylic acids is 3. The summed E-state index contributed by atoms with van der Waals surface area (Å²) in [6.07, 6.45) is 0.111. The van der Waals surface area contributed by atoms with E-state index in [4.69, 9.17) is 10.5 Å². The molecular weight excluding hydrogens is 240 g/mol. The van der Waals surface area contributed by atoms with Crippen molar-refractivity contribution in [3.05, 3.63) is 0 Å². The molecule has 0 aromatic heterocycles. The number of ether oxygens (including phenoxy) is 1. The molecule has 0 aromatic rings. The van der Waals surface area contributed by atoms with Crippen molar-refractivity contribution in [2.45, 2.75) is 6.42 Å². The van der Waals surface area contributed by atoms with Crippen LogP contribution in [0.25, 0.3) is 0 Å². The van der Waals surface area contributed by atoms with Gasteiger partial charge < -0.3 is 26.4 Å². The summed E-state index contributed by atoms with van der Waals surface area (Å²) < 4.78 is 4.76. The molecule has 0 spiro atoms. The van der Waals surface area contributed by atoms with E-state index in [2.05, 4.69) is 16.0 Å². The summed E-state index contributed by atoms with van der Waals surface area (Å²) in [5, 5.41) is 7.24. The van der Waals surface area contributed by atoms with Gasteiger partial charge in [0.1, 0.15) is 0 Å². The molecule has 0 unspecified atom stereocenters. The third kappa shape index (κ3) is 8.48. The molecule has 18 heavy (non-hydrogen) atoms. The Morgan fingerprint density at radius 3 is 2.17 bits per heavy atom. The minimum Gasteiger partial charge on any atom is -0.383 e. The Balaban J connectivity index is 3.61. The van der Waals surface area contributed by atoms with Gasteiger partial charge in [-0.3, -0.25) is 14.4 Å². The molecule has 0 aliphatic carbocycles. The number of nitrogens with two attached hydrogens (primary N) is 1. The predicted octanol–water partition coefficient (Wildman–Crippen LogP) is -2.67. The summed E-state index contributed by atoms with van der Waals surface area (Å²) in [5.74, 6) is -1.73. The number of methoxy groups -OCH3 is 1. The van der Waals surface area contributed by atoms with E-state index in [1.165, 1.54) is 7.11 Å². The van der Waals surface area contributed by atoms with Crippen LogP contribution in [0.3, 0.4) is 0 Å². The Kier molecular flexibility index (Phi) is 9.51. The third-order valence-corrected chi connectivity index (χ3v) is 1.90. The van der Waals surface area contributed by atoms with Crippen LogP contribution in [0.2, 0.25) is 0 Å². The highest BCUT2D eigenvalue weighted by atomic mass is 16.5. The standard InChI is InChI=1S/C10H20N4O4/c1-18-7-6-12-8(15)2-4-13-9(16)10(17)14-5-3-11/h2-7,11H2,1H3,(H,12,15)(H,13,16)(H,14,17). The summed E-state index contributed by atoms with van der Waals surface area (Å²) in [7, 11) is 1.53. The zero-order valence-electron chi connectivity index (χ0n) is 10.5. The molecular formula is C10H20N4O4. The highest BCUT2D eigenvalue weighted by molar-refractivity contribution is 6.35. The van der Waals surface area contributed by atoms with Crippen LogP contribution in [-0.4, -0.2) is 57.6 Å². The van der Waals surface area contributed by atoms with Gasteiger partial charge in [-0.15, -0.1) is 0 Å². The largest absolute Gasteiger partial charge is 0.383 e. The third-order valence-electron chi connectivity index (χ3n) is 1.90. The maximum absolute atomic E-state index is 11.2. The van der Waals surface area contributed by atoms with Gasteiger partial charge in [0.2, 0.25) is 5.91 Å². The maximum atomic E-state index is 11.2. The molecule has 0 heterocycles. The summed E-state index contributed by atoms with van der Waals surface area (Å²) in [6.45, 7) is 1.46. The Morgan fingerprint density at radius 1 is 1.00 bits per heavy atom. The van der Waals surface area contributed by atoms with Crippen LogP contribution < -0.4 is 21.7 Å². The Morgan fingerprint density at radius 2 is 1.61 bits per heavy atom. The van der Waals surface area contributed by atoms with Crippen molar-refractivity contribution >= 4 is 17.7 Å². The molecule has 0 atom stereocenters. The fourth-order valence-corrected chi connectivity index (χ4v) is 1.02. The lowest BCUT2D eigenvalue weighted by molar-refractivity contribution is -0.139. The summed E-state index contributed by atoms with van der Waals surface area (Å²) in [5.41, 5.74) is 5.17. The Labute approximate surface area is 106 Å². The van der Waals surface area contributed by atoms with Gasteiger partial charge in [-0.1, -0.05) is 0 Å². The lowest BCUT2D eigenvalue weighted by atomic mass is 10.4. The average molecular weight is 260 g/mol. The van der Waals surface area contributed by atoms with Crippen LogP contribution in [0, 0.1) is 0 Å². The SMILES string of the molecule is COCCNC(=O)CCNC(=O)C(=O)NCCN. The molecule has 0 aliphatic rings. The van der Waals surface area contributed by atoms with Crippen LogP contribution in [-0.2, 0) is 19.1 Å². The maximum Gasteiger partial charge on any atom is 0.309 e. The van der Waals surface area contributed by atoms with Crippen molar-refractivity contribution in [2.75, 3.05) is 39.9 Å². The zero-order chi connectivity index (χ0) is 13.8. The fraction of sp³-hybridized carbons (Fsp3) is 0.700. The van der Waals surface area contributed by atoms with Gasteiger partial charge in [0.15, 0.2) is 0 Å². The summed E-state index contributed by atoms with van der Waals surface area (Å²) >= 11 is 0. The molecule has 0 aliphatic heterocycles. The predicted molar refractivity (Wildman–Crippen MR) is 64.6 cm³/mol. The Bertz CT molecular complexity index is 283. The van der Waals surface area contributed by atoms with Gasteiger partial charge in [0.25, 0.3) is 0 Å². The highest BCUT2D eigenvalue weighted by Gasteiger charge is 2.12. The lowest BCUT2D eigenvalue weighted by Crippen LogP contribution is -2.42. The first-order valence-electron chi connectivity index (χ1n) is 5.63. The highest BCUT2D eigenvalue weighted by Crippen LogP contribution is 1.78. The normalized spacial score (nSPS) is 9.67. The van der Waals surface area contributed by atoms with Crippen molar-refractivity contribution in [1.29, 1.82) is 0 Å². The Hall–Kier alpha value is -1.67. The number of nitrogens with one attached hydrogen (secondary N) is 3. The number of rotatable bonds is 8. The minimum absolute atomic E-state index is 0.105. The summed E-state index contributed by atoms with van der Waals surface area (Å²) in [4.78, 5) is 33.5. The van der Waals surface area contributed by atoms with Crippen LogP contribution in [0.15, 0.2) is 0 Å². The van der Waals surface area contributed by atoms with Crippen molar-refractivity contribution in [3.63, 3.8) is 0 Å². The monoisotopic (exact) mass is 260 g/mol. The van der Waals surface area contributed by atoms with Crippen LogP contribution in [0.5, 0.6) is 0 Å². The van der Waals surface area contributed by atoms with E-state index in [0.717, 1.165) is 0 Å². The number of hydrogen-bond acceptors (Lipinski definition) is 5. The van der Waals surface area contributed by atoms with Gasteiger partial charge >= 0.3 is 11.8 Å². The average Bonchev–Trinajstić information content (AvgIpc) is 2.36. The first kappa shape index (κ1) is 16.3. The van der Waals surface area contributed by atoms with Crippen molar-refractivity contribution in [3.8, 4) is 0 Å². The van der Waals surface area contributed by atoms with E-state index in [9.17, 15) is 14.4 Å². The second-order valence-corrected chi connectivity index (χ2v) is 3.39. The van der Waals surface area contributed by atoms with Gasteiger partial charge in [-0.2, -0.15) is 0 Å². The molecule has 8 heteroatoms. The van der Waals surface area contributed by atoms with Gasteiger partial charge in [0, 0.05) is 39.7 Å². The molecule has 0 fully saturated rings. The molecule has 0 radical (unpaired) electrons. The summed E-state index contributed by atoms with van der Waals surface area (Å²) in [6, 6.07) is 0. The molecule has 0 aromatic carbocycles. The van der Waals surface area contributed by atoms with E-state index in [1.807, 2.05) is 0 Å². The number of amides is 3. The number of carbonyl (C=O) groups is 3. The van der Waals surface area contributed by atoms with Gasteiger partial charge in [0.05, 0.1) is 6.61 Å². The van der Waals surface area contributed by atoms with Gasteiger partial charge in [-0.25, -0.2) is 0 Å². The van der Waals surface area contributed by atoms with E-state index in [-0.39, 0.29) is 32.0 Å². The first-order chi connectivity index (χ1) is 8.61. The second-order valence-electron chi connectivity index (χ2n) is 3.39. The van der Waals surface area contributed by atoms with Gasteiger partial charge in [-0.05, 0) is 0 Å². The van der Waals surface area contributed by atoms with Crippen molar-refractivity contribution in [2.24, 2.45) is 5.73 Å².